The van der Waals surface area contributed by atoms with Gasteiger partial charge in [0.05, 0.1) is 11.1 Å². The first-order valence-electron chi connectivity index (χ1n) is 7.22. The predicted octanol–water partition coefficient (Wildman–Crippen LogP) is 4.24. The summed E-state index contributed by atoms with van der Waals surface area (Å²) in [5, 5.41) is 12.2. The van der Waals surface area contributed by atoms with E-state index < -0.39 is 0 Å². The zero-order chi connectivity index (χ0) is 15.9. The maximum Gasteiger partial charge on any atom is 0.252 e. The highest BCUT2D eigenvalue weighted by Crippen LogP contribution is 2.32. The van der Waals surface area contributed by atoms with E-state index >= 15 is 0 Å². The Kier molecular flexibility index (Phi) is 5.62. The maximum atomic E-state index is 12.4. The van der Waals surface area contributed by atoms with Gasteiger partial charge in [-0.05, 0) is 37.6 Å². The van der Waals surface area contributed by atoms with Crippen LogP contribution < -0.4 is 5.32 Å². The third-order valence-corrected chi connectivity index (χ3v) is 4.50. The molecular weight excluding hydrogens is 292 g/mol. The van der Waals surface area contributed by atoms with E-state index in [4.69, 9.17) is 0 Å². The van der Waals surface area contributed by atoms with Crippen LogP contribution >= 0.6 is 11.8 Å². The number of nitrogens with zero attached hydrogens (tertiary/aromatic N) is 1. The van der Waals surface area contributed by atoms with Gasteiger partial charge in [0.1, 0.15) is 6.07 Å². The van der Waals surface area contributed by atoms with Gasteiger partial charge in [0.2, 0.25) is 0 Å². The van der Waals surface area contributed by atoms with Gasteiger partial charge in [0.15, 0.2) is 0 Å². The van der Waals surface area contributed by atoms with Crippen molar-refractivity contribution in [2.24, 2.45) is 0 Å². The fraction of sp³-hybridized carbons (Fsp3) is 0.222. The van der Waals surface area contributed by atoms with Crippen molar-refractivity contribution >= 4 is 17.7 Å². The molecule has 1 atom stereocenters. The van der Waals surface area contributed by atoms with E-state index in [1.165, 1.54) is 11.8 Å². The predicted molar refractivity (Wildman–Crippen MR) is 88.9 cm³/mol. The Morgan fingerprint density at radius 3 is 2.50 bits per heavy atom. The van der Waals surface area contributed by atoms with Crippen molar-refractivity contribution in [2.45, 2.75) is 36.1 Å². The first-order valence-corrected chi connectivity index (χ1v) is 8.04. The van der Waals surface area contributed by atoms with Crippen LogP contribution in [0.25, 0.3) is 0 Å². The number of carbonyl (C=O) groups is 1. The van der Waals surface area contributed by atoms with Crippen LogP contribution in [-0.2, 0) is 0 Å². The second-order valence-corrected chi connectivity index (χ2v) is 6.07. The van der Waals surface area contributed by atoms with Crippen LogP contribution in [0.2, 0.25) is 0 Å². The van der Waals surface area contributed by atoms with E-state index in [0.717, 1.165) is 16.2 Å². The lowest BCUT2D eigenvalue weighted by molar-refractivity contribution is 0.0936. The smallest absolute Gasteiger partial charge is 0.252 e. The topological polar surface area (TPSA) is 52.9 Å². The summed E-state index contributed by atoms with van der Waals surface area (Å²) in [6.07, 6.45) is 0.887. The summed E-state index contributed by atoms with van der Waals surface area (Å²) in [7, 11) is 0. The molecule has 2 aromatic rings. The Morgan fingerprint density at radius 2 is 1.82 bits per heavy atom. The molecule has 112 valence electrons. The average Bonchev–Trinajstić information content (AvgIpc) is 2.55. The van der Waals surface area contributed by atoms with E-state index in [2.05, 4.69) is 11.4 Å². The molecule has 3 nitrogen and oxygen atoms in total. The molecule has 1 amide bonds. The van der Waals surface area contributed by atoms with Crippen LogP contribution in [0.5, 0.6) is 0 Å². The largest absolute Gasteiger partial charge is 0.350 e. The summed E-state index contributed by atoms with van der Waals surface area (Å²) in [6.45, 7) is 4.02. The molecule has 0 heterocycles. The summed E-state index contributed by atoms with van der Waals surface area (Å²) in [5.41, 5.74) is 1.25. The maximum absolute atomic E-state index is 12.4. The molecule has 0 aliphatic rings. The monoisotopic (exact) mass is 310 g/mol. The number of nitriles is 1. The fourth-order valence-electron chi connectivity index (χ4n) is 1.91. The molecule has 0 radical (unpaired) electrons. The van der Waals surface area contributed by atoms with Gasteiger partial charge in [-0.3, -0.25) is 4.79 Å². The van der Waals surface area contributed by atoms with E-state index in [0.29, 0.717) is 11.1 Å². The van der Waals surface area contributed by atoms with Gasteiger partial charge < -0.3 is 5.32 Å². The lowest BCUT2D eigenvalue weighted by Gasteiger charge is -2.14. The van der Waals surface area contributed by atoms with Gasteiger partial charge in [0, 0.05) is 15.8 Å². The minimum Gasteiger partial charge on any atom is -0.350 e. The van der Waals surface area contributed by atoms with Crippen LogP contribution in [0.15, 0.2) is 58.3 Å². The minimum absolute atomic E-state index is 0.0770. The van der Waals surface area contributed by atoms with E-state index in [1.807, 2.05) is 56.3 Å². The average molecular weight is 310 g/mol. The number of hydrogen-bond acceptors (Lipinski definition) is 3. The molecular formula is C18H18N2OS. The molecule has 2 aromatic carbocycles. The van der Waals surface area contributed by atoms with Crippen molar-refractivity contribution in [1.29, 1.82) is 5.26 Å². The molecule has 0 fully saturated rings. The van der Waals surface area contributed by atoms with Crippen LogP contribution in [0.3, 0.4) is 0 Å². The highest BCUT2D eigenvalue weighted by molar-refractivity contribution is 7.99. The van der Waals surface area contributed by atoms with Gasteiger partial charge in [-0.1, -0.05) is 43.0 Å². The van der Waals surface area contributed by atoms with Gasteiger partial charge in [-0.15, -0.1) is 0 Å². The van der Waals surface area contributed by atoms with E-state index in [-0.39, 0.29) is 11.9 Å². The molecule has 0 aliphatic heterocycles. The highest BCUT2D eigenvalue weighted by Gasteiger charge is 2.14. The van der Waals surface area contributed by atoms with E-state index in [9.17, 15) is 10.1 Å². The third kappa shape index (κ3) is 3.90. The molecule has 0 aliphatic carbocycles. The van der Waals surface area contributed by atoms with Crippen molar-refractivity contribution in [3.8, 4) is 6.07 Å². The second kappa shape index (κ2) is 7.67. The molecule has 1 N–H and O–H groups in total. The molecule has 0 spiro atoms. The Morgan fingerprint density at radius 1 is 1.18 bits per heavy atom. The molecule has 22 heavy (non-hydrogen) atoms. The van der Waals surface area contributed by atoms with Gasteiger partial charge in [0.25, 0.3) is 5.91 Å². The first kappa shape index (κ1) is 16.1. The molecule has 4 heteroatoms. The van der Waals surface area contributed by atoms with Crippen molar-refractivity contribution < 1.29 is 4.79 Å². The van der Waals surface area contributed by atoms with Crippen molar-refractivity contribution in [1.82, 2.24) is 5.32 Å². The van der Waals surface area contributed by atoms with E-state index in [1.54, 1.807) is 6.07 Å². The van der Waals surface area contributed by atoms with Crippen LogP contribution in [0, 0.1) is 11.3 Å². The minimum atomic E-state index is -0.0770. The zero-order valence-corrected chi connectivity index (χ0v) is 13.5. The quantitative estimate of drug-likeness (QED) is 0.898. The molecule has 0 bridgehead atoms. The first-order chi connectivity index (χ1) is 10.7. The second-order valence-electron chi connectivity index (χ2n) is 4.99. The normalized spacial score (nSPS) is 11.5. The number of hydrogen-bond donors (Lipinski definition) is 1. The Hall–Kier alpha value is -2.25. The van der Waals surface area contributed by atoms with Crippen LogP contribution in [-0.4, -0.2) is 11.9 Å². The lowest BCUT2D eigenvalue weighted by atomic mass is 10.2. The molecule has 0 saturated heterocycles. The van der Waals surface area contributed by atoms with Crippen LogP contribution in [0.1, 0.15) is 36.2 Å². The van der Waals surface area contributed by atoms with Crippen molar-refractivity contribution in [2.75, 3.05) is 0 Å². The summed E-state index contributed by atoms with van der Waals surface area (Å²) in [6, 6.07) is 17.2. The number of carbonyl (C=O) groups excluding carboxylic acids is 1. The summed E-state index contributed by atoms with van der Waals surface area (Å²) >= 11 is 1.45. The molecule has 0 saturated carbocycles. The summed E-state index contributed by atoms with van der Waals surface area (Å²) < 4.78 is 0. The Balaban J connectivity index is 2.29. The molecule has 0 unspecified atom stereocenters. The number of amides is 1. The molecule has 2 rings (SSSR count). The van der Waals surface area contributed by atoms with Crippen molar-refractivity contribution in [3.05, 3.63) is 59.7 Å². The van der Waals surface area contributed by atoms with Crippen LogP contribution in [0.4, 0.5) is 0 Å². The SMILES string of the molecule is CC[C@@H](C)NC(=O)c1ccccc1Sc1ccccc1C#N. The highest BCUT2D eigenvalue weighted by atomic mass is 32.2. The van der Waals surface area contributed by atoms with Gasteiger partial charge >= 0.3 is 0 Å². The molecule has 0 aromatic heterocycles. The standard InChI is InChI=1S/C18H18N2OS/c1-3-13(2)20-18(21)15-9-5-7-11-17(15)22-16-10-6-4-8-14(16)12-19/h4-11,13H,3H2,1-2H3,(H,20,21)/t13-/m1/s1. The summed E-state index contributed by atoms with van der Waals surface area (Å²) in [5.74, 6) is -0.0770. The summed E-state index contributed by atoms with van der Waals surface area (Å²) in [4.78, 5) is 14.1. The Bertz CT molecular complexity index is 706. The number of nitrogens with one attached hydrogen (secondary N) is 1. The van der Waals surface area contributed by atoms with Crippen molar-refractivity contribution in [3.63, 3.8) is 0 Å². The zero-order valence-electron chi connectivity index (χ0n) is 12.7. The number of rotatable bonds is 5. The fourth-order valence-corrected chi connectivity index (χ4v) is 2.94. The third-order valence-electron chi connectivity index (χ3n) is 3.35. The lowest BCUT2D eigenvalue weighted by Crippen LogP contribution is -2.32. The Labute approximate surface area is 135 Å². The van der Waals surface area contributed by atoms with Gasteiger partial charge in [-0.25, -0.2) is 0 Å². The van der Waals surface area contributed by atoms with Gasteiger partial charge in [-0.2, -0.15) is 5.26 Å². The number of benzene rings is 2.